The Morgan fingerprint density at radius 1 is 0.971 bits per heavy atom. The second kappa shape index (κ2) is 8.91. The second-order valence-electron chi connectivity index (χ2n) is 8.34. The van der Waals surface area contributed by atoms with E-state index in [4.69, 9.17) is 17.0 Å². The Labute approximate surface area is 203 Å². The number of nitrogens with one attached hydrogen (secondary N) is 1. The van der Waals surface area contributed by atoms with Crippen LogP contribution in [0, 0.1) is 19.7 Å². The number of thiocarbonyl (C=S) groups is 1. The van der Waals surface area contributed by atoms with Crippen LogP contribution in [-0.2, 0) is 0 Å². The maximum atomic E-state index is 14.0. The van der Waals surface area contributed by atoms with Crippen molar-refractivity contribution in [3.05, 3.63) is 107 Å². The molecule has 7 heteroatoms. The van der Waals surface area contributed by atoms with Crippen molar-refractivity contribution in [2.75, 3.05) is 12.0 Å². The number of hydrogen-bond acceptors (Lipinski definition) is 3. The Balaban J connectivity index is 1.67. The van der Waals surface area contributed by atoms with E-state index in [1.165, 1.54) is 6.07 Å². The van der Waals surface area contributed by atoms with Crippen LogP contribution in [-0.4, -0.2) is 21.8 Å². The fourth-order valence-electron chi connectivity index (χ4n) is 4.79. The Bertz CT molecular complexity index is 1340. The topological polar surface area (TPSA) is 42.3 Å². The maximum absolute atomic E-state index is 14.0. The van der Waals surface area contributed by atoms with E-state index in [-0.39, 0.29) is 17.9 Å². The molecule has 1 aliphatic rings. The molecule has 0 saturated carbocycles. The molecular formula is C27H25FN4OS. The summed E-state index contributed by atoms with van der Waals surface area (Å²) in [5, 5.41) is 4.12. The number of rotatable bonds is 5. The lowest BCUT2D eigenvalue weighted by Crippen LogP contribution is -2.29. The van der Waals surface area contributed by atoms with Crippen molar-refractivity contribution in [1.82, 2.24) is 14.9 Å². The van der Waals surface area contributed by atoms with Crippen molar-refractivity contribution in [3.63, 3.8) is 0 Å². The van der Waals surface area contributed by atoms with Gasteiger partial charge in [0.25, 0.3) is 0 Å². The van der Waals surface area contributed by atoms with Crippen molar-refractivity contribution in [3.8, 4) is 11.4 Å². The van der Waals surface area contributed by atoms with Gasteiger partial charge in [0, 0.05) is 29.0 Å². The molecule has 0 unspecified atom stereocenters. The van der Waals surface area contributed by atoms with Crippen LogP contribution < -0.4 is 15.0 Å². The summed E-state index contributed by atoms with van der Waals surface area (Å²) in [4.78, 5) is 6.76. The molecular weight excluding hydrogens is 447 g/mol. The second-order valence-corrected chi connectivity index (χ2v) is 8.72. The summed E-state index contributed by atoms with van der Waals surface area (Å²) in [5.74, 6) is 0.519. The molecule has 0 amide bonds. The van der Waals surface area contributed by atoms with Crippen molar-refractivity contribution in [1.29, 1.82) is 0 Å². The molecule has 1 saturated heterocycles. The Hall–Kier alpha value is -3.71. The number of halogens is 1. The van der Waals surface area contributed by atoms with Crippen LogP contribution in [0.1, 0.15) is 34.7 Å². The number of anilines is 1. The zero-order valence-corrected chi connectivity index (χ0v) is 20.0. The minimum atomic E-state index is -0.263. The van der Waals surface area contributed by atoms with Gasteiger partial charge in [0.2, 0.25) is 0 Å². The van der Waals surface area contributed by atoms with Crippen LogP contribution in [0.3, 0.4) is 0 Å². The number of methoxy groups -OCH3 is 1. The van der Waals surface area contributed by atoms with Gasteiger partial charge >= 0.3 is 0 Å². The third-order valence-corrected chi connectivity index (χ3v) is 6.62. The normalized spacial score (nSPS) is 17.6. The van der Waals surface area contributed by atoms with E-state index >= 15 is 0 Å². The highest BCUT2D eigenvalue weighted by atomic mass is 32.1. The molecule has 1 fully saturated rings. The molecule has 172 valence electrons. The van der Waals surface area contributed by atoms with E-state index in [2.05, 4.69) is 32.8 Å². The third-order valence-electron chi connectivity index (χ3n) is 6.30. The van der Waals surface area contributed by atoms with Gasteiger partial charge in [-0.1, -0.05) is 12.1 Å². The summed E-state index contributed by atoms with van der Waals surface area (Å²) in [6.45, 7) is 4.10. The number of aromatic nitrogens is 2. The number of benzene rings is 2. The van der Waals surface area contributed by atoms with Crippen LogP contribution in [0.15, 0.2) is 79.0 Å². The summed E-state index contributed by atoms with van der Waals surface area (Å²) < 4.78 is 21.5. The number of ether oxygens (including phenoxy) is 1. The Morgan fingerprint density at radius 2 is 1.76 bits per heavy atom. The molecule has 5 rings (SSSR count). The molecule has 1 aliphatic heterocycles. The number of pyridine rings is 1. The summed E-state index contributed by atoms with van der Waals surface area (Å²) in [6.07, 6.45) is 1.79. The van der Waals surface area contributed by atoms with Crippen molar-refractivity contribution >= 4 is 23.0 Å². The molecule has 5 nitrogen and oxygen atoms in total. The zero-order valence-electron chi connectivity index (χ0n) is 19.2. The zero-order chi connectivity index (χ0) is 23.8. The molecule has 2 aromatic carbocycles. The van der Waals surface area contributed by atoms with Crippen LogP contribution in [0.25, 0.3) is 5.69 Å². The highest BCUT2D eigenvalue weighted by Gasteiger charge is 2.42. The minimum absolute atomic E-state index is 0.149. The maximum Gasteiger partial charge on any atom is 0.174 e. The first-order valence-electron chi connectivity index (χ1n) is 11.1. The quantitative estimate of drug-likeness (QED) is 0.371. The van der Waals surface area contributed by atoms with E-state index in [9.17, 15) is 4.39 Å². The predicted octanol–water partition coefficient (Wildman–Crippen LogP) is 5.81. The van der Waals surface area contributed by atoms with Gasteiger partial charge < -0.3 is 19.5 Å². The van der Waals surface area contributed by atoms with Crippen LogP contribution >= 0.6 is 12.2 Å². The average Bonchev–Trinajstić information content (AvgIpc) is 3.34. The summed E-state index contributed by atoms with van der Waals surface area (Å²) in [5.41, 5.74) is 5.80. The Kier molecular flexibility index (Phi) is 5.79. The third kappa shape index (κ3) is 3.82. The van der Waals surface area contributed by atoms with Gasteiger partial charge in [-0.3, -0.25) is 4.98 Å². The summed E-state index contributed by atoms with van der Waals surface area (Å²) >= 11 is 5.83. The molecule has 0 spiro atoms. The number of aryl methyl sites for hydroxylation is 1. The predicted molar refractivity (Wildman–Crippen MR) is 136 cm³/mol. The average molecular weight is 473 g/mol. The molecule has 4 aromatic rings. The fourth-order valence-corrected chi connectivity index (χ4v) is 5.14. The lowest BCUT2D eigenvalue weighted by atomic mass is 9.96. The summed E-state index contributed by atoms with van der Waals surface area (Å²) in [6, 6.07) is 22.3. The van der Waals surface area contributed by atoms with Crippen molar-refractivity contribution in [2.24, 2.45) is 0 Å². The van der Waals surface area contributed by atoms with Gasteiger partial charge in [-0.05, 0) is 92.3 Å². The monoisotopic (exact) mass is 472 g/mol. The molecule has 34 heavy (non-hydrogen) atoms. The Morgan fingerprint density at radius 3 is 2.44 bits per heavy atom. The molecule has 0 aliphatic carbocycles. The molecule has 0 radical (unpaired) electrons. The first kappa shape index (κ1) is 22.1. The largest absolute Gasteiger partial charge is 0.497 e. The number of nitrogens with zero attached hydrogens (tertiary/aromatic N) is 3. The SMILES string of the molecule is COc1ccc(N2C(=S)N[C@@H](c3ccccn3)[C@H]2c2cc(C)n(-c3cccc(F)c3)c2C)cc1. The molecule has 2 atom stereocenters. The summed E-state index contributed by atoms with van der Waals surface area (Å²) in [7, 11) is 1.65. The standard InChI is InChI=1S/C27H25FN4OS/c1-17-15-23(18(2)31(17)21-8-6-7-19(28)16-21)26-25(24-9-4-5-14-29-24)30-27(34)32(26)20-10-12-22(33-3)13-11-20/h4-16,25-26H,1-3H3,(H,30,34)/t25-,26+/m0/s1. The van der Waals surface area contributed by atoms with E-state index in [1.807, 2.05) is 55.5 Å². The van der Waals surface area contributed by atoms with Crippen LogP contribution in [0.2, 0.25) is 0 Å². The van der Waals surface area contributed by atoms with Crippen LogP contribution in [0.4, 0.5) is 10.1 Å². The van der Waals surface area contributed by atoms with E-state index in [1.54, 1.807) is 25.4 Å². The lowest BCUT2D eigenvalue weighted by Gasteiger charge is -2.28. The minimum Gasteiger partial charge on any atom is -0.497 e. The van der Waals surface area contributed by atoms with Gasteiger partial charge in [-0.15, -0.1) is 0 Å². The fraction of sp³-hybridized carbons (Fsp3) is 0.185. The first-order valence-corrected chi connectivity index (χ1v) is 11.5. The van der Waals surface area contributed by atoms with Gasteiger partial charge in [-0.25, -0.2) is 4.39 Å². The highest BCUT2D eigenvalue weighted by Crippen LogP contribution is 2.44. The number of hydrogen-bond donors (Lipinski definition) is 1. The van der Waals surface area contributed by atoms with Gasteiger partial charge in [0.15, 0.2) is 5.11 Å². The molecule has 3 heterocycles. The lowest BCUT2D eigenvalue weighted by molar-refractivity contribution is 0.415. The van der Waals surface area contributed by atoms with Crippen LogP contribution in [0.5, 0.6) is 5.75 Å². The van der Waals surface area contributed by atoms with Crippen molar-refractivity contribution < 1.29 is 9.13 Å². The highest BCUT2D eigenvalue weighted by molar-refractivity contribution is 7.80. The van der Waals surface area contributed by atoms with Gasteiger partial charge in [0.1, 0.15) is 11.6 Å². The first-order chi connectivity index (χ1) is 16.5. The molecule has 1 N–H and O–H groups in total. The van der Waals surface area contributed by atoms with Crippen molar-refractivity contribution in [2.45, 2.75) is 25.9 Å². The van der Waals surface area contributed by atoms with Gasteiger partial charge in [0.05, 0.1) is 24.9 Å². The smallest absolute Gasteiger partial charge is 0.174 e. The van der Waals surface area contributed by atoms with E-state index in [0.29, 0.717) is 5.11 Å². The van der Waals surface area contributed by atoms with E-state index in [0.717, 1.165) is 39.8 Å². The van der Waals surface area contributed by atoms with E-state index < -0.39 is 0 Å². The van der Waals surface area contributed by atoms with Gasteiger partial charge in [-0.2, -0.15) is 0 Å². The molecule has 0 bridgehead atoms. The molecule has 2 aromatic heterocycles.